The van der Waals surface area contributed by atoms with Gasteiger partial charge in [-0.15, -0.1) is 0 Å². The summed E-state index contributed by atoms with van der Waals surface area (Å²) in [5, 5.41) is 9.07. The van der Waals surface area contributed by atoms with Gasteiger partial charge >= 0.3 is 0 Å². The summed E-state index contributed by atoms with van der Waals surface area (Å²) < 4.78 is 2.88. The highest BCUT2D eigenvalue weighted by Crippen LogP contribution is 2.28. The molecule has 3 aromatic rings. The molecule has 144 valence electrons. The van der Waals surface area contributed by atoms with Crippen LogP contribution in [0.3, 0.4) is 0 Å². The van der Waals surface area contributed by atoms with Crippen LogP contribution >= 0.6 is 27.7 Å². The predicted octanol–water partition coefficient (Wildman–Crippen LogP) is 4.52. The Morgan fingerprint density at radius 1 is 1.25 bits per heavy atom. The van der Waals surface area contributed by atoms with Crippen LogP contribution in [0.2, 0.25) is 0 Å². The summed E-state index contributed by atoms with van der Waals surface area (Å²) in [5.41, 5.74) is 2.86. The molecule has 0 aliphatic rings. The van der Waals surface area contributed by atoms with E-state index >= 15 is 0 Å². The van der Waals surface area contributed by atoms with Crippen LogP contribution in [0.25, 0.3) is 5.69 Å². The molecule has 1 aromatic heterocycles. The van der Waals surface area contributed by atoms with Crippen LogP contribution in [0.15, 0.2) is 75.4 Å². The van der Waals surface area contributed by atoms with Crippen LogP contribution in [0.1, 0.15) is 5.56 Å². The molecule has 0 saturated carbocycles. The second kappa shape index (κ2) is 9.57. The SMILES string of the molecule is CON=CC(=O)N(C)c1ccccc1CSc1ccn(-c2ccc(Br)cc2)n1. The van der Waals surface area contributed by atoms with Gasteiger partial charge in [0, 0.05) is 29.2 Å². The Morgan fingerprint density at radius 2 is 2.00 bits per heavy atom. The lowest BCUT2D eigenvalue weighted by atomic mass is 10.2. The normalized spacial score (nSPS) is 11.0. The molecule has 0 fully saturated rings. The highest BCUT2D eigenvalue weighted by Gasteiger charge is 2.13. The lowest BCUT2D eigenvalue weighted by Crippen LogP contribution is -2.28. The van der Waals surface area contributed by atoms with Gasteiger partial charge in [-0.25, -0.2) is 4.68 Å². The van der Waals surface area contributed by atoms with Gasteiger partial charge in [0.1, 0.15) is 18.4 Å². The average Bonchev–Trinajstić information content (AvgIpc) is 3.19. The van der Waals surface area contributed by atoms with E-state index in [1.807, 2.05) is 65.5 Å². The smallest absolute Gasteiger partial charge is 0.272 e. The van der Waals surface area contributed by atoms with Crippen molar-refractivity contribution in [3.63, 3.8) is 0 Å². The first kappa shape index (κ1) is 20.2. The first-order valence-corrected chi connectivity index (χ1v) is 10.2. The maximum Gasteiger partial charge on any atom is 0.272 e. The number of para-hydroxylation sites is 1. The molecule has 1 amide bonds. The fourth-order valence-electron chi connectivity index (χ4n) is 2.54. The Bertz CT molecular complexity index is 972. The van der Waals surface area contributed by atoms with Crippen LogP contribution in [-0.2, 0) is 15.4 Å². The standard InChI is InChI=1S/C20H19BrN4O2S/c1-24(20(26)13-22-27-2)18-6-4-3-5-15(18)14-28-19-11-12-25(23-19)17-9-7-16(21)8-10-17/h3-13H,14H2,1-2H3. The molecule has 0 radical (unpaired) electrons. The number of oxime groups is 1. The lowest BCUT2D eigenvalue weighted by molar-refractivity contribution is -0.112. The van der Waals surface area contributed by atoms with Gasteiger partial charge < -0.3 is 9.74 Å². The summed E-state index contributed by atoms with van der Waals surface area (Å²) >= 11 is 5.06. The average molecular weight is 459 g/mol. The van der Waals surface area contributed by atoms with Crippen molar-refractivity contribution in [2.24, 2.45) is 5.16 Å². The number of anilines is 1. The summed E-state index contributed by atoms with van der Waals surface area (Å²) in [6.07, 6.45) is 3.10. The number of thioether (sulfide) groups is 1. The quantitative estimate of drug-likeness (QED) is 0.296. The maximum absolute atomic E-state index is 12.2. The molecule has 2 aromatic carbocycles. The Kier molecular flexibility index (Phi) is 6.89. The first-order valence-electron chi connectivity index (χ1n) is 8.45. The van der Waals surface area contributed by atoms with Gasteiger partial charge in [0.2, 0.25) is 0 Å². The van der Waals surface area contributed by atoms with Gasteiger partial charge in [0.15, 0.2) is 0 Å². The number of hydrogen-bond acceptors (Lipinski definition) is 5. The molecule has 0 saturated heterocycles. The monoisotopic (exact) mass is 458 g/mol. The maximum atomic E-state index is 12.2. The second-order valence-corrected chi connectivity index (χ2v) is 7.72. The number of carbonyl (C=O) groups is 1. The van der Waals surface area contributed by atoms with Crippen molar-refractivity contribution in [1.29, 1.82) is 0 Å². The van der Waals surface area contributed by atoms with E-state index in [1.165, 1.54) is 7.11 Å². The van der Waals surface area contributed by atoms with Crippen LogP contribution in [0.4, 0.5) is 5.69 Å². The van der Waals surface area contributed by atoms with E-state index in [9.17, 15) is 4.79 Å². The minimum absolute atomic E-state index is 0.251. The van der Waals surface area contributed by atoms with E-state index in [1.54, 1.807) is 23.7 Å². The molecule has 1 heterocycles. The molecule has 0 unspecified atom stereocenters. The predicted molar refractivity (Wildman–Crippen MR) is 116 cm³/mol. The number of amides is 1. The van der Waals surface area contributed by atoms with E-state index in [0.29, 0.717) is 5.75 Å². The number of benzene rings is 2. The van der Waals surface area contributed by atoms with Gasteiger partial charge in [-0.3, -0.25) is 4.79 Å². The molecule has 3 rings (SSSR count). The number of carbonyl (C=O) groups excluding carboxylic acids is 1. The van der Waals surface area contributed by atoms with Crippen LogP contribution in [0, 0.1) is 0 Å². The van der Waals surface area contributed by atoms with Crippen molar-refractivity contribution in [3.8, 4) is 5.69 Å². The highest BCUT2D eigenvalue weighted by molar-refractivity contribution is 9.10. The van der Waals surface area contributed by atoms with E-state index in [2.05, 4.69) is 31.0 Å². The summed E-state index contributed by atoms with van der Waals surface area (Å²) in [5.74, 6) is 0.436. The second-order valence-electron chi connectivity index (χ2n) is 5.81. The Balaban J connectivity index is 1.71. The summed E-state index contributed by atoms with van der Waals surface area (Å²) in [4.78, 5) is 18.3. The largest absolute Gasteiger partial charge is 0.399 e. The van der Waals surface area contributed by atoms with Crippen molar-refractivity contribution in [2.45, 2.75) is 10.8 Å². The number of rotatable bonds is 7. The lowest BCUT2D eigenvalue weighted by Gasteiger charge is -2.18. The van der Waals surface area contributed by atoms with E-state index in [0.717, 1.165) is 32.7 Å². The minimum Gasteiger partial charge on any atom is -0.399 e. The molecule has 0 spiro atoms. The summed E-state index contributed by atoms with van der Waals surface area (Å²) in [6.45, 7) is 0. The van der Waals surface area contributed by atoms with Crippen LogP contribution < -0.4 is 4.90 Å². The van der Waals surface area contributed by atoms with Gasteiger partial charge in [-0.1, -0.05) is 51.0 Å². The zero-order chi connectivity index (χ0) is 19.9. The summed E-state index contributed by atoms with van der Waals surface area (Å²) in [7, 11) is 3.12. The number of halogens is 1. The molecule has 0 N–H and O–H groups in total. The fraction of sp³-hybridized carbons (Fsp3) is 0.150. The zero-order valence-corrected chi connectivity index (χ0v) is 17.9. The number of hydrogen-bond donors (Lipinski definition) is 0. The number of aromatic nitrogens is 2. The number of nitrogens with zero attached hydrogens (tertiary/aromatic N) is 4. The Morgan fingerprint density at radius 3 is 2.75 bits per heavy atom. The van der Waals surface area contributed by atoms with Crippen molar-refractivity contribution in [3.05, 3.63) is 70.8 Å². The van der Waals surface area contributed by atoms with Gasteiger partial charge in [0.25, 0.3) is 5.91 Å². The Hall–Kier alpha value is -2.58. The van der Waals surface area contributed by atoms with Gasteiger partial charge in [-0.2, -0.15) is 5.10 Å². The van der Waals surface area contributed by atoms with Gasteiger partial charge in [-0.05, 0) is 42.0 Å². The molecule has 8 heteroatoms. The highest BCUT2D eigenvalue weighted by atomic mass is 79.9. The first-order chi connectivity index (χ1) is 13.6. The molecule has 0 bridgehead atoms. The zero-order valence-electron chi connectivity index (χ0n) is 15.4. The molecule has 28 heavy (non-hydrogen) atoms. The molecule has 6 nitrogen and oxygen atoms in total. The van der Waals surface area contributed by atoms with E-state index in [4.69, 9.17) is 0 Å². The third-order valence-corrected chi connectivity index (χ3v) is 5.48. The molecule has 0 aliphatic heterocycles. The molecular weight excluding hydrogens is 440 g/mol. The Labute approximate surface area is 176 Å². The van der Waals surface area contributed by atoms with Crippen LogP contribution in [-0.4, -0.2) is 36.1 Å². The van der Waals surface area contributed by atoms with Crippen molar-refractivity contribution < 1.29 is 9.63 Å². The minimum atomic E-state index is -0.251. The van der Waals surface area contributed by atoms with E-state index in [-0.39, 0.29) is 5.91 Å². The third kappa shape index (κ3) is 5.02. The molecule has 0 aliphatic carbocycles. The third-order valence-electron chi connectivity index (χ3n) is 3.98. The summed E-state index contributed by atoms with van der Waals surface area (Å²) in [6, 6.07) is 17.7. The van der Waals surface area contributed by atoms with E-state index < -0.39 is 0 Å². The van der Waals surface area contributed by atoms with Crippen molar-refractivity contribution >= 4 is 45.5 Å². The topological polar surface area (TPSA) is 59.7 Å². The van der Waals surface area contributed by atoms with Gasteiger partial charge in [0.05, 0.1) is 5.69 Å². The van der Waals surface area contributed by atoms with Crippen molar-refractivity contribution in [1.82, 2.24) is 9.78 Å². The van der Waals surface area contributed by atoms with Crippen molar-refractivity contribution in [2.75, 3.05) is 19.1 Å². The van der Waals surface area contributed by atoms with Crippen LogP contribution in [0.5, 0.6) is 0 Å². The fourth-order valence-corrected chi connectivity index (χ4v) is 3.65. The molecular formula is C20H19BrN4O2S. The molecule has 0 atom stereocenters.